The molecule has 2 aromatic carbocycles. The normalized spacial score (nSPS) is 10.1. The number of nitriles is 1. The van der Waals surface area contributed by atoms with Crippen LogP contribution in [0.1, 0.15) is 42.6 Å². The molecule has 0 aliphatic heterocycles. The number of carbonyl (C=O) groups excluding carboxylic acids is 1. The predicted molar refractivity (Wildman–Crippen MR) is 93.1 cm³/mol. The highest BCUT2D eigenvalue weighted by molar-refractivity contribution is 6.01. The van der Waals surface area contributed by atoms with Crippen molar-refractivity contribution in [3.8, 4) is 17.2 Å². The van der Waals surface area contributed by atoms with Crippen molar-refractivity contribution < 1.29 is 4.79 Å². The molecule has 0 spiro atoms. The Labute approximate surface area is 138 Å². The summed E-state index contributed by atoms with van der Waals surface area (Å²) in [5, 5.41) is 9.34. The van der Waals surface area contributed by atoms with Gasteiger partial charge in [0, 0.05) is 24.2 Å². The number of rotatable bonds is 6. The topological polar surface area (TPSA) is 44.1 Å². The molecule has 0 N–H and O–H groups in total. The Kier molecular flexibility index (Phi) is 5.94. The number of amides is 1. The fourth-order valence-corrected chi connectivity index (χ4v) is 2.64. The summed E-state index contributed by atoms with van der Waals surface area (Å²) in [6, 6.07) is 17.2. The molecule has 0 fully saturated rings. The van der Waals surface area contributed by atoms with Crippen LogP contribution in [0.5, 0.6) is 0 Å². The van der Waals surface area contributed by atoms with E-state index in [1.807, 2.05) is 54.3 Å². The van der Waals surface area contributed by atoms with Crippen LogP contribution in [0, 0.1) is 11.3 Å². The van der Waals surface area contributed by atoms with Crippen molar-refractivity contribution in [2.24, 2.45) is 0 Å². The largest absolute Gasteiger partial charge is 0.339 e. The van der Waals surface area contributed by atoms with Gasteiger partial charge in [0.25, 0.3) is 5.91 Å². The summed E-state index contributed by atoms with van der Waals surface area (Å²) in [7, 11) is 0. The van der Waals surface area contributed by atoms with E-state index in [2.05, 4.69) is 13.0 Å². The molecule has 0 aliphatic rings. The first kappa shape index (κ1) is 16.8. The first-order chi connectivity index (χ1) is 11.2. The van der Waals surface area contributed by atoms with Gasteiger partial charge in [0.05, 0.1) is 11.6 Å². The summed E-state index contributed by atoms with van der Waals surface area (Å²) in [5.41, 5.74) is 2.88. The van der Waals surface area contributed by atoms with Crippen molar-refractivity contribution in [2.45, 2.75) is 26.7 Å². The van der Waals surface area contributed by atoms with E-state index in [-0.39, 0.29) is 5.91 Å². The quantitative estimate of drug-likeness (QED) is 0.789. The summed E-state index contributed by atoms with van der Waals surface area (Å²) in [4.78, 5) is 14.8. The Balaban J connectivity index is 2.45. The highest BCUT2D eigenvalue weighted by atomic mass is 16.2. The molecule has 0 unspecified atom stereocenters. The van der Waals surface area contributed by atoms with Gasteiger partial charge in [0.1, 0.15) is 0 Å². The third-order valence-electron chi connectivity index (χ3n) is 3.95. The lowest BCUT2D eigenvalue weighted by molar-refractivity contribution is 0.0763. The average molecular weight is 306 g/mol. The molecule has 0 heterocycles. The minimum absolute atomic E-state index is 0.0318. The summed E-state index contributed by atoms with van der Waals surface area (Å²) >= 11 is 0. The third-order valence-corrected chi connectivity index (χ3v) is 3.95. The van der Waals surface area contributed by atoms with Gasteiger partial charge >= 0.3 is 0 Å². The molecule has 0 aliphatic carbocycles. The van der Waals surface area contributed by atoms with E-state index in [9.17, 15) is 10.1 Å². The number of unbranched alkanes of at least 4 members (excludes halogenated alkanes) is 1. The van der Waals surface area contributed by atoms with Crippen molar-refractivity contribution in [1.29, 1.82) is 5.26 Å². The van der Waals surface area contributed by atoms with E-state index >= 15 is 0 Å². The van der Waals surface area contributed by atoms with Crippen LogP contribution in [0.4, 0.5) is 0 Å². The maximum atomic E-state index is 12.9. The lowest BCUT2D eigenvalue weighted by Gasteiger charge is -2.22. The maximum absolute atomic E-state index is 12.9. The zero-order chi connectivity index (χ0) is 16.7. The predicted octanol–water partition coefficient (Wildman–Crippen LogP) is 4.49. The molecule has 1 amide bonds. The summed E-state index contributed by atoms with van der Waals surface area (Å²) in [6.45, 7) is 5.57. The summed E-state index contributed by atoms with van der Waals surface area (Å²) in [6.07, 6.45) is 2.05. The molecule has 0 atom stereocenters. The maximum Gasteiger partial charge on any atom is 0.254 e. The smallest absolute Gasteiger partial charge is 0.254 e. The summed E-state index contributed by atoms with van der Waals surface area (Å²) < 4.78 is 0. The van der Waals surface area contributed by atoms with Gasteiger partial charge in [0.2, 0.25) is 0 Å². The second-order valence-electron chi connectivity index (χ2n) is 5.44. The molecule has 0 radical (unpaired) electrons. The first-order valence-corrected chi connectivity index (χ1v) is 8.10. The minimum Gasteiger partial charge on any atom is -0.339 e. The van der Waals surface area contributed by atoms with E-state index in [4.69, 9.17) is 0 Å². The van der Waals surface area contributed by atoms with Crippen LogP contribution < -0.4 is 0 Å². The van der Waals surface area contributed by atoms with Crippen LogP contribution in [0.3, 0.4) is 0 Å². The van der Waals surface area contributed by atoms with Crippen LogP contribution in [0.2, 0.25) is 0 Å². The number of nitrogens with zero attached hydrogens (tertiary/aromatic N) is 2. The Hall–Kier alpha value is -2.60. The van der Waals surface area contributed by atoms with Crippen LogP contribution in [0.25, 0.3) is 11.1 Å². The fourth-order valence-electron chi connectivity index (χ4n) is 2.64. The number of benzene rings is 2. The average Bonchev–Trinajstić information content (AvgIpc) is 2.62. The van der Waals surface area contributed by atoms with Crippen molar-refractivity contribution in [1.82, 2.24) is 4.90 Å². The van der Waals surface area contributed by atoms with Crippen molar-refractivity contribution in [3.63, 3.8) is 0 Å². The SMILES string of the molecule is CCCCN(CC)C(=O)c1ccccc1-c1ccccc1C#N. The Morgan fingerprint density at radius 3 is 2.35 bits per heavy atom. The molecule has 2 aromatic rings. The van der Waals surface area contributed by atoms with Gasteiger partial charge in [-0.15, -0.1) is 0 Å². The highest BCUT2D eigenvalue weighted by Gasteiger charge is 2.18. The molecular weight excluding hydrogens is 284 g/mol. The second kappa shape index (κ2) is 8.14. The molecule has 2 rings (SSSR count). The first-order valence-electron chi connectivity index (χ1n) is 8.10. The minimum atomic E-state index is 0.0318. The lowest BCUT2D eigenvalue weighted by Crippen LogP contribution is -2.32. The van der Waals surface area contributed by atoms with Gasteiger partial charge in [0.15, 0.2) is 0 Å². The standard InChI is InChI=1S/C20H22N2O/c1-3-5-14-22(4-2)20(23)19-13-9-8-12-18(19)17-11-7-6-10-16(17)15-21/h6-13H,3-5,14H2,1-2H3. The number of carbonyl (C=O) groups is 1. The molecule has 118 valence electrons. The third kappa shape index (κ3) is 3.78. The molecule has 0 saturated carbocycles. The lowest BCUT2D eigenvalue weighted by atomic mass is 9.95. The van der Waals surface area contributed by atoms with Crippen molar-refractivity contribution in [2.75, 3.05) is 13.1 Å². The monoisotopic (exact) mass is 306 g/mol. The van der Waals surface area contributed by atoms with Crippen LogP contribution in [-0.4, -0.2) is 23.9 Å². The van der Waals surface area contributed by atoms with Gasteiger partial charge < -0.3 is 4.90 Å². The molecule has 3 nitrogen and oxygen atoms in total. The van der Waals surface area contributed by atoms with E-state index in [1.165, 1.54) is 0 Å². The van der Waals surface area contributed by atoms with Gasteiger partial charge in [-0.2, -0.15) is 5.26 Å². The molecule has 3 heteroatoms. The molecule has 0 saturated heterocycles. The molecule has 0 aromatic heterocycles. The van der Waals surface area contributed by atoms with E-state index < -0.39 is 0 Å². The van der Waals surface area contributed by atoms with Crippen molar-refractivity contribution >= 4 is 5.91 Å². The molecule has 0 bridgehead atoms. The zero-order valence-electron chi connectivity index (χ0n) is 13.7. The number of hydrogen-bond donors (Lipinski definition) is 0. The Bertz CT molecular complexity index is 716. The zero-order valence-corrected chi connectivity index (χ0v) is 13.7. The fraction of sp³-hybridized carbons (Fsp3) is 0.300. The van der Waals surface area contributed by atoms with E-state index in [1.54, 1.807) is 6.07 Å². The van der Waals surface area contributed by atoms with Crippen LogP contribution in [0.15, 0.2) is 48.5 Å². The van der Waals surface area contributed by atoms with Gasteiger partial charge in [-0.05, 0) is 31.0 Å². The van der Waals surface area contributed by atoms with Crippen molar-refractivity contribution in [3.05, 3.63) is 59.7 Å². The van der Waals surface area contributed by atoms with Crippen LogP contribution >= 0.6 is 0 Å². The van der Waals surface area contributed by atoms with Gasteiger partial charge in [-0.3, -0.25) is 4.79 Å². The second-order valence-corrected chi connectivity index (χ2v) is 5.44. The Morgan fingerprint density at radius 1 is 1.04 bits per heavy atom. The highest BCUT2D eigenvalue weighted by Crippen LogP contribution is 2.27. The van der Waals surface area contributed by atoms with E-state index in [0.29, 0.717) is 17.7 Å². The molecule has 23 heavy (non-hydrogen) atoms. The van der Waals surface area contributed by atoms with Gasteiger partial charge in [-0.1, -0.05) is 49.7 Å². The van der Waals surface area contributed by atoms with Gasteiger partial charge in [-0.25, -0.2) is 0 Å². The molecular formula is C20H22N2O. The van der Waals surface area contributed by atoms with Crippen LogP contribution in [-0.2, 0) is 0 Å². The van der Waals surface area contributed by atoms with E-state index in [0.717, 1.165) is 30.5 Å². The Morgan fingerprint density at radius 2 is 1.70 bits per heavy atom. The number of hydrogen-bond acceptors (Lipinski definition) is 2. The summed E-state index contributed by atoms with van der Waals surface area (Å²) in [5.74, 6) is 0.0318.